The van der Waals surface area contributed by atoms with Crippen molar-refractivity contribution in [1.29, 1.82) is 0 Å². The lowest BCUT2D eigenvalue weighted by Gasteiger charge is -2.35. The summed E-state index contributed by atoms with van der Waals surface area (Å²) >= 11 is 1.62. The monoisotopic (exact) mass is 278 g/mol. The van der Waals surface area contributed by atoms with Gasteiger partial charge in [-0.3, -0.25) is 4.79 Å². The Balaban J connectivity index is 1.82. The van der Waals surface area contributed by atoms with E-state index < -0.39 is 0 Å². The summed E-state index contributed by atoms with van der Waals surface area (Å²) in [6.45, 7) is 3.84. The highest BCUT2D eigenvalue weighted by atomic mass is 32.1. The van der Waals surface area contributed by atoms with Crippen LogP contribution in [0.4, 0.5) is 0 Å². The number of aromatic nitrogens is 1. The van der Waals surface area contributed by atoms with Gasteiger partial charge in [-0.1, -0.05) is 6.08 Å². The number of hydrogen-bond acceptors (Lipinski definition) is 4. The van der Waals surface area contributed by atoms with Crippen molar-refractivity contribution in [2.45, 2.75) is 32.2 Å². The SMILES string of the molecule is Cc1nc(C2COCCN2C(=O)C2=CCCC2)cs1. The van der Waals surface area contributed by atoms with E-state index in [2.05, 4.69) is 11.1 Å². The maximum Gasteiger partial charge on any atom is 0.250 e. The number of ether oxygens (including phenoxy) is 1. The van der Waals surface area contributed by atoms with Gasteiger partial charge in [0.05, 0.1) is 30.0 Å². The predicted octanol–water partition coefficient (Wildman–Crippen LogP) is 2.46. The highest BCUT2D eigenvalue weighted by Gasteiger charge is 2.32. The Morgan fingerprint density at radius 2 is 2.47 bits per heavy atom. The van der Waals surface area contributed by atoms with E-state index in [1.165, 1.54) is 0 Å². The normalized spacial score (nSPS) is 23.5. The Bertz CT molecular complexity index is 509. The molecule has 1 aliphatic carbocycles. The van der Waals surface area contributed by atoms with Crippen LogP contribution in [-0.4, -0.2) is 35.5 Å². The average Bonchev–Trinajstić information content (AvgIpc) is 3.09. The molecule has 19 heavy (non-hydrogen) atoms. The van der Waals surface area contributed by atoms with Crippen LogP contribution in [0, 0.1) is 6.92 Å². The van der Waals surface area contributed by atoms with Crippen LogP contribution in [0.2, 0.25) is 0 Å². The molecule has 0 N–H and O–H groups in total. The van der Waals surface area contributed by atoms with Gasteiger partial charge in [0.15, 0.2) is 0 Å². The lowest BCUT2D eigenvalue weighted by atomic mass is 10.1. The molecular weight excluding hydrogens is 260 g/mol. The Labute approximate surface area is 117 Å². The standard InChI is InChI=1S/C14H18N2O2S/c1-10-15-12(9-19-10)13-8-18-7-6-16(13)14(17)11-4-2-3-5-11/h4,9,13H,2-3,5-8H2,1H3. The first-order valence-corrected chi connectivity index (χ1v) is 7.63. The number of morpholine rings is 1. The van der Waals surface area contributed by atoms with E-state index in [-0.39, 0.29) is 11.9 Å². The molecule has 1 aliphatic heterocycles. The van der Waals surface area contributed by atoms with Gasteiger partial charge in [-0.2, -0.15) is 0 Å². The molecule has 0 bridgehead atoms. The van der Waals surface area contributed by atoms with Gasteiger partial charge in [0.2, 0.25) is 5.91 Å². The molecule has 3 rings (SSSR count). The minimum Gasteiger partial charge on any atom is -0.377 e. The van der Waals surface area contributed by atoms with Crippen LogP contribution in [0.5, 0.6) is 0 Å². The molecule has 0 saturated carbocycles. The van der Waals surface area contributed by atoms with Gasteiger partial charge in [0, 0.05) is 17.5 Å². The summed E-state index contributed by atoms with van der Waals surface area (Å²) < 4.78 is 5.54. The fraction of sp³-hybridized carbons (Fsp3) is 0.571. The van der Waals surface area contributed by atoms with E-state index >= 15 is 0 Å². The first kappa shape index (κ1) is 12.8. The Hall–Kier alpha value is -1.20. The summed E-state index contributed by atoms with van der Waals surface area (Å²) in [5, 5.41) is 3.07. The van der Waals surface area contributed by atoms with E-state index in [4.69, 9.17) is 4.74 Å². The molecule has 1 unspecified atom stereocenters. The van der Waals surface area contributed by atoms with Gasteiger partial charge in [0.25, 0.3) is 0 Å². The molecule has 0 aromatic carbocycles. The summed E-state index contributed by atoms with van der Waals surface area (Å²) in [4.78, 5) is 19.0. The lowest BCUT2D eigenvalue weighted by Crippen LogP contribution is -2.44. The molecule has 1 amide bonds. The summed E-state index contributed by atoms with van der Waals surface area (Å²) in [6, 6.07) is -0.0206. The summed E-state index contributed by atoms with van der Waals surface area (Å²) in [7, 11) is 0. The second kappa shape index (κ2) is 5.43. The van der Waals surface area contributed by atoms with Crippen molar-refractivity contribution in [1.82, 2.24) is 9.88 Å². The second-order valence-corrected chi connectivity index (χ2v) is 6.06. The fourth-order valence-electron chi connectivity index (χ4n) is 2.67. The quantitative estimate of drug-likeness (QED) is 0.834. The second-order valence-electron chi connectivity index (χ2n) is 5.00. The molecular formula is C14H18N2O2S. The highest BCUT2D eigenvalue weighted by Crippen LogP contribution is 2.29. The molecule has 102 valence electrons. The first-order valence-electron chi connectivity index (χ1n) is 6.75. The molecule has 2 aliphatic rings. The molecule has 5 heteroatoms. The van der Waals surface area contributed by atoms with Crippen molar-refractivity contribution in [3.8, 4) is 0 Å². The molecule has 0 spiro atoms. The maximum absolute atomic E-state index is 12.6. The van der Waals surface area contributed by atoms with E-state index in [1.807, 2.05) is 17.2 Å². The Kier molecular flexibility index (Phi) is 3.66. The van der Waals surface area contributed by atoms with Gasteiger partial charge < -0.3 is 9.64 Å². The summed E-state index contributed by atoms with van der Waals surface area (Å²) in [6.07, 6.45) is 5.14. The van der Waals surface area contributed by atoms with Crippen LogP contribution in [0.3, 0.4) is 0 Å². The zero-order valence-corrected chi connectivity index (χ0v) is 11.9. The maximum atomic E-state index is 12.6. The van der Waals surface area contributed by atoms with E-state index in [0.29, 0.717) is 19.8 Å². The van der Waals surface area contributed by atoms with Crippen molar-refractivity contribution >= 4 is 17.2 Å². The van der Waals surface area contributed by atoms with Crippen LogP contribution in [-0.2, 0) is 9.53 Å². The van der Waals surface area contributed by atoms with Gasteiger partial charge in [0.1, 0.15) is 0 Å². The number of rotatable bonds is 2. The fourth-order valence-corrected chi connectivity index (χ4v) is 3.33. The molecule has 4 nitrogen and oxygen atoms in total. The number of aryl methyl sites for hydroxylation is 1. The molecule has 1 fully saturated rings. The van der Waals surface area contributed by atoms with Gasteiger partial charge in [-0.25, -0.2) is 4.98 Å². The zero-order chi connectivity index (χ0) is 13.2. The number of allylic oxidation sites excluding steroid dienone is 1. The lowest BCUT2D eigenvalue weighted by molar-refractivity contribution is -0.136. The first-order chi connectivity index (χ1) is 9.25. The van der Waals surface area contributed by atoms with Crippen LogP contribution in [0.15, 0.2) is 17.0 Å². The largest absolute Gasteiger partial charge is 0.377 e. The van der Waals surface area contributed by atoms with Gasteiger partial charge in [-0.15, -0.1) is 11.3 Å². The zero-order valence-electron chi connectivity index (χ0n) is 11.1. The number of nitrogens with zero attached hydrogens (tertiary/aromatic N) is 2. The molecule has 1 aromatic rings. The third kappa shape index (κ3) is 2.58. The summed E-state index contributed by atoms with van der Waals surface area (Å²) in [5.74, 6) is 0.177. The molecule has 2 heterocycles. The van der Waals surface area contributed by atoms with Crippen LogP contribution in [0.25, 0.3) is 0 Å². The highest BCUT2D eigenvalue weighted by molar-refractivity contribution is 7.09. The van der Waals surface area contributed by atoms with E-state index in [1.54, 1.807) is 11.3 Å². The third-order valence-corrected chi connectivity index (χ3v) is 4.47. The van der Waals surface area contributed by atoms with E-state index in [9.17, 15) is 4.79 Å². The van der Waals surface area contributed by atoms with Crippen LogP contribution in [0.1, 0.15) is 36.0 Å². The van der Waals surface area contributed by atoms with E-state index in [0.717, 1.165) is 35.5 Å². The molecule has 1 saturated heterocycles. The Morgan fingerprint density at radius 3 is 3.16 bits per heavy atom. The number of carbonyl (C=O) groups is 1. The van der Waals surface area contributed by atoms with Crippen LogP contribution < -0.4 is 0 Å². The smallest absolute Gasteiger partial charge is 0.250 e. The number of thiazole rings is 1. The number of amides is 1. The molecule has 0 radical (unpaired) electrons. The van der Waals surface area contributed by atoms with Crippen molar-refractivity contribution < 1.29 is 9.53 Å². The minimum absolute atomic E-state index is 0.0206. The number of carbonyl (C=O) groups excluding carboxylic acids is 1. The van der Waals surface area contributed by atoms with Crippen molar-refractivity contribution in [2.75, 3.05) is 19.8 Å². The predicted molar refractivity (Wildman–Crippen MR) is 74.1 cm³/mol. The molecule has 1 atom stereocenters. The van der Waals surface area contributed by atoms with Gasteiger partial charge in [-0.05, 0) is 26.2 Å². The van der Waals surface area contributed by atoms with Crippen molar-refractivity contribution in [2.24, 2.45) is 0 Å². The minimum atomic E-state index is -0.0206. The van der Waals surface area contributed by atoms with Crippen molar-refractivity contribution in [3.05, 3.63) is 27.7 Å². The van der Waals surface area contributed by atoms with Crippen LogP contribution >= 0.6 is 11.3 Å². The Morgan fingerprint density at radius 1 is 1.58 bits per heavy atom. The third-order valence-electron chi connectivity index (χ3n) is 3.68. The van der Waals surface area contributed by atoms with Gasteiger partial charge >= 0.3 is 0 Å². The topological polar surface area (TPSA) is 42.4 Å². The molecule has 1 aromatic heterocycles. The summed E-state index contributed by atoms with van der Waals surface area (Å²) in [5.41, 5.74) is 1.94. The number of hydrogen-bond donors (Lipinski definition) is 0. The average molecular weight is 278 g/mol. The van der Waals surface area contributed by atoms with Crippen molar-refractivity contribution in [3.63, 3.8) is 0 Å².